The summed E-state index contributed by atoms with van der Waals surface area (Å²) in [5, 5.41) is 3.19. The molecular formula is C20H16FP. The Morgan fingerprint density at radius 1 is 0.682 bits per heavy atom. The smallest absolute Gasteiger partial charge is 0.131 e. The highest BCUT2D eigenvalue weighted by Crippen LogP contribution is 2.47. The van der Waals surface area contributed by atoms with Gasteiger partial charge in [0.1, 0.15) is 5.82 Å². The molecule has 0 nitrogen and oxygen atoms in total. The van der Waals surface area contributed by atoms with Crippen molar-refractivity contribution in [3.05, 3.63) is 103 Å². The van der Waals surface area contributed by atoms with E-state index in [4.69, 9.17) is 0 Å². The molecule has 0 saturated heterocycles. The molecule has 22 heavy (non-hydrogen) atoms. The Labute approximate surface area is 131 Å². The third-order valence-corrected chi connectivity index (χ3v) is 5.89. The van der Waals surface area contributed by atoms with Crippen LogP contribution in [0.3, 0.4) is 0 Å². The first-order chi connectivity index (χ1) is 10.8. The van der Waals surface area contributed by atoms with Gasteiger partial charge in [-0.25, -0.2) is 4.39 Å². The highest BCUT2D eigenvalue weighted by atomic mass is 31.1. The lowest BCUT2D eigenvalue weighted by Gasteiger charge is -2.21. The van der Waals surface area contributed by atoms with Gasteiger partial charge >= 0.3 is 0 Å². The van der Waals surface area contributed by atoms with Crippen LogP contribution in [0.25, 0.3) is 5.31 Å². The number of hydrogen-bond donors (Lipinski definition) is 0. The normalized spacial score (nSPS) is 10.6. The zero-order valence-corrected chi connectivity index (χ0v) is 13.0. The number of rotatable bonds is 4. The van der Waals surface area contributed by atoms with E-state index in [1.54, 1.807) is 12.1 Å². The molecule has 0 bridgehead atoms. The first-order valence-electron chi connectivity index (χ1n) is 7.11. The van der Waals surface area contributed by atoms with Crippen molar-refractivity contribution in [3.8, 4) is 0 Å². The third kappa shape index (κ3) is 3.00. The van der Waals surface area contributed by atoms with Crippen LogP contribution in [0.2, 0.25) is 0 Å². The molecule has 0 unspecified atom stereocenters. The summed E-state index contributed by atoms with van der Waals surface area (Å²) >= 11 is 0. The molecule has 0 aliphatic carbocycles. The molecule has 2 heteroatoms. The van der Waals surface area contributed by atoms with Crippen LogP contribution in [-0.2, 0) is 0 Å². The standard InChI is InChI=1S/C20H16FP/c1-16(19-14-8-9-15-20(19)21)22(17-10-4-2-5-11-17)18-12-6-3-7-13-18/h2-15H,1H2. The van der Waals surface area contributed by atoms with E-state index >= 15 is 0 Å². The highest BCUT2D eigenvalue weighted by Gasteiger charge is 2.20. The second kappa shape index (κ2) is 6.68. The van der Waals surface area contributed by atoms with E-state index in [9.17, 15) is 4.39 Å². The number of hydrogen-bond acceptors (Lipinski definition) is 0. The minimum absolute atomic E-state index is 0.216. The third-order valence-electron chi connectivity index (χ3n) is 3.48. The summed E-state index contributed by atoms with van der Waals surface area (Å²) in [6.07, 6.45) is 0. The van der Waals surface area contributed by atoms with E-state index in [0.717, 1.165) is 5.31 Å². The van der Waals surface area contributed by atoms with Gasteiger partial charge in [0.05, 0.1) is 0 Å². The van der Waals surface area contributed by atoms with Gasteiger partial charge in [0, 0.05) is 5.56 Å². The zero-order chi connectivity index (χ0) is 15.4. The van der Waals surface area contributed by atoms with Crippen LogP contribution < -0.4 is 10.6 Å². The Bertz CT molecular complexity index is 726. The maximum absolute atomic E-state index is 14.2. The van der Waals surface area contributed by atoms with Crippen molar-refractivity contribution in [1.29, 1.82) is 0 Å². The maximum atomic E-state index is 14.2. The van der Waals surface area contributed by atoms with Gasteiger partial charge in [-0.05, 0) is 29.9 Å². The van der Waals surface area contributed by atoms with Crippen molar-refractivity contribution < 1.29 is 4.39 Å². The van der Waals surface area contributed by atoms with Crippen LogP contribution in [0.4, 0.5) is 4.39 Å². The Balaban J connectivity index is 2.11. The minimum Gasteiger partial charge on any atom is -0.206 e. The monoisotopic (exact) mass is 306 g/mol. The van der Waals surface area contributed by atoms with Gasteiger partial charge in [-0.3, -0.25) is 0 Å². The Hall–Kier alpha value is -2.24. The van der Waals surface area contributed by atoms with Crippen molar-refractivity contribution in [2.75, 3.05) is 0 Å². The van der Waals surface area contributed by atoms with Crippen molar-refractivity contribution in [3.63, 3.8) is 0 Å². The molecule has 0 saturated carbocycles. The fourth-order valence-electron chi connectivity index (χ4n) is 2.43. The average Bonchev–Trinajstić information content (AvgIpc) is 2.57. The molecule has 3 aromatic rings. The fraction of sp³-hybridized carbons (Fsp3) is 0. The van der Waals surface area contributed by atoms with Crippen molar-refractivity contribution in [2.45, 2.75) is 0 Å². The van der Waals surface area contributed by atoms with E-state index in [1.807, 2.05) is 42.5 Å². The Morgan fingerprint density at radius 3 is 1.64 bits per heavy atom. The number of halogens is 1. The molecule has 0 N–H and O–H groups in total. The highest BCUT2D eigenvalue weighted by molar-refractivity contribution is 7.82. The first kappa shape index (κ1) is 14.7. The molecule has 0 fully saturated rings. The molecule has 0 aliphatic heterocycles. The molecule has 0 radical (unpaired) electrons. The van der Waals surface area contributed by atoms with Crippen LogP contribution >= 0.6 is 7.92 Å². The molecule has 0 aromatic heterocycles. The summed E-state index contributed by atoms with van der Waals surface area (Å²) < 4.78 is 14.2. The van der Waals surface area contributed by atoms with Crippen LogP contribution in [0.15, 0.2) is 91.5 Å². The Kier molecular flexibility index (Phi) is 4.46. The lowest BCUT2D eigenvalue weighted by Crippen LogP contribution is -2.12. The first-order valence-corrected chi connectivity index (χ1v) is 8.45. The van der Waals surface area contributed by atoms with E-state index in [-0.39, 0.29) is 5.82 Å². The number of benzene rings is 3. The molecule has 108 valence electrons. The van der Waals surface area contributed by atoms with E-state index in [1.165, 1.54) is 16.7 Å². The summed E-state index contributed by atoms with van der Waals surface area (Å²) in [6, 6.07) is 27.3. The van der Waals surface area contributed by atoms with Crippen LogP contribution in [0, 0.1) is 5.82 Å². The van der Waals surface area contributed by atoms with Crippen LogP contribution in [0.1, 0.15) is 5.56 Å². The minimum atomic E-state index is -0.839. The van der Waals surface area contributed by atoms with Gasteiger partial charge in [0.25, 0.3) is 0 Å². The second-order valence-corrected chi connectivity index (χ2v) is 7.18. The summed E-state index contributed by atoms with van der Waals surface area (Å²) in [7, 11) is -0.839. The van der Waals surface area contributed by atoms with Gasteiger partial charge in [0.15, 0.2) is 0 Å². The predicted octanol–water partition coefficient (Wildman–Crippen LogP) is 4.93. The zero-order valence-electron chi connectivity index (χ0n) is 12.1. The summed E-state index contributed by atoms with van der Waals surface area (Å²) in [4.78, 5) is 0. The topological polar surface area (TPSA) is 0 Å². The van der Waals surface area contributed by atoms with Crippen molar-refractivity contribution in [2.24, 2.45) is 0 Å². The lowest BCUT2D eigenvalue weighted by atomic mass is 10.2. The summed E-state index contributed by atoms with van der Waals surface area (Å²) in [6.45, 7) is 4.23. The van der Waals surface area contributed by atoms with Crippen molar-refractivity contribution >= 4 is 23.8 Å². The van der Waals surface area contributed by atoms with Gasteiger partial charge in [-0.1, -0.05) is 85.4 Å². The van der Waals surface area contributed by atoms with Crippen molar-refractivity contribution in [1.82, 2.24) is 0 Å². The molecule has 0 atom stereocenters. The Morgan fingerprint density at radius 2 is 1.14 bits per heavy atom. The van der Waals surface area contributed by atoms with Crippen LogP contribution in [0.5, 0.6) is 0 Å². The van der Waals surface area contributed by atoms with E-state index in [0.29, 0.717) is 5.56 Å². The van der Waals surface area contributed by atoms with E-state index < -0.39 is 7.92 Å². The molecule has 3 aromatic carbocycles. The quantitative estimate of drug-likeness (QED) is 0.600. The van der Waals surface area contributed by atoms with E-state index in [2.05, 4.69) is 30.8 Å². The summed E-state index contributed by atoms with van der Waals surface area (Å²) in [5.41, 5.74) is 0.598. The molecule has 0 heterocycles. The predicted molar refractivity (Wildman–Crippen MR) is 94.5 cm³/mol. The lowest BCUT2D eigenvalue weighted by molar-refractivity contribution is 0.625. The fourth-order valence-corrected chi connectivity index (χ4v) is 4.71. The summed E-state index contributed by atoms with van der Waals surface area (Å²) in [5.74, 6) is -0.216. The molecule has 0 aliphatic rings. The second-order valence-electron chi connectivity index (χ2n) is 4.93. The maximum Gasteiger partial charge on any atom is 0.131 e. The van der Waals surface area contributed by atoms with Gasteiger partial charge in [-0.2, -0.15) is 0 Å². The van der Waals surface area contributed by atoms with Gasteiger partial charge in [0.2, 0.25) is 0 Å². The van der Waals surface area contributed by atoms with Crippen LogP contribution in [-0.4, -0.2) is 0 Å². The molecule has 0 amide bonds. The average molecular weight is 306 g/mol. The van der Waals surface area contributed by atoms with Gasteiger partial charge < -0.3 is 0 Å². The molecule has 3 rings (SSSR count). The SMILES string of the molecule is C=C(c1ccccc1F)P(c1ccccc1)c1ccccc1. The largest absolute Gasteiger partial charge is 0.206 e. The molecule has 0 spiro atoms. The van der Waals surface area contributed by atoms with Gasteiger partial charge in [-0.15, -0.1) is 0 Å². The molecular weight excluding hydrogens is 290 g/mol.